The van der Waals surface area contributed by atoms with Crippen molar-refractivity contribution in [2.45, 2.75) is 12.1 Å². The highest BCUT2D eigenvalue weighted by Crippen LogP contribution is 2.17. The minimum Gasteiger partial charge on any atom is -0.312 e. The zero-order chi connectivity index (χ0) is 11.4. The lowest BCUT2D eigenvalue weighted by molar-refractivity contribution is 0.210. The smallest absolute Gasteiger partial charge is 0.0487 e. The largest absolute Gasteiger partial charge is 0.312 e. The van der Waals surface area contributed by atoms with Crippen molar-refractivity contribution in [3.05, 3.63) is 30.1 Å². The Balaban J connectivity index is 2.10. The highest BCUT2D eigenvalue weighted by Gasteiger charge is 2.25. The lowest BCUT2D eigenvalue weighted by atomic mass is 9.99. The average molecular weight is 220 g/mol. The van der Waals surface area contributed by atoms with Gasteiger partial charge in [0.25, 0.3) is 0 Å². The molecular formula is C12H20N4. The summed E-state index contributed by atoms with van der Waals surface area (Å²) in [5.41, 5.74) is 1.30. The predicted molar refractivity (Wildman–Crippen MR) is 65.3 cm³/mol. The van der Waals surface area contributed by atoms with Crippen molar-refractivity contribution in [3.8, 4) is 0 Å². The standard InChI is InChI=1S/C12H20N4/c1-13-12(10-3-5-14-6-4-10)11-9-16(2)8-7-15-11/h3-6,11-13,15H,7-9H2,1-2H3. The van der Waals surface area contributed by atoms with Crippen LogP contribution in [0.3, 0.4) is 0 Å². The molecule has 0 aromatic carbocycles. The Morgan fingerprint density at radius 3 is 2.88 bits per heavy atom. The van der Waals surface area contributed by atoms with Gasteiger partial charge in [0.1, 0.15) is 0 Å². The number of likely N-dealkylation sites (N-methyl/N-ethyl adjacent to an activating group) is 2. The maximum absolute atomic E-state index is 4.06. The molecule has 2 N–H and O–H groups in total. The summed E-state index contributed by atoms with van der Waals surface area (Å²) in [6, 6.07) is 4.98. The van der Waals surface area contributed by atoms with Crippen LogP contribution in [-0.2, 0) is 0 Å². The van der Waals surface area contributed by atoms with Crippen LogP contribution in [0.25, 0.3) is 0 Å². The van der Waals surface area contributed by atoms with Gasteiger partial charge in [0.2, 0.25) is 0 Å². The maximum Gasteiger partial charge on any atom is 0.0487 e. The molecule has 2 atom stereocenters. The first kappa shape index (κ1) is 11.5. The number of hydrogen-bond acceptors (Lipinski definition) is 4. The molecule has 0 bridgehead atoms. The molecule has 0 amide bonds. The van der Waals surface area contributed by atoms with Gasteiger partial charge in [0, 0.05) is 44.1 Å². The van der Waals surface area contributed by atoms with Crippen LogP contribution in [0.5, 0.6) is 0 Å². The maximum atomic E-state index is 4.06. The van der Waals surface area contributed by atoms with Gasteiger partial charge in [-0.1, -0.05) is 0 Å². The highest BCUT2D eigenvalue weighted by atomic mass is 15.2. The van der Waals surface area contributed by atoms with Crippen LogP contribution in [-0.4, -0.2) is 49.7 Å². The second-order valence-electron chi connectivity index (χ2n) is 4.37. The van der Waals surface area contributed by atoms with Crippen molar-refractivity contribution in [3.63, 3.8) is 0 Å². The first-order valence-electron chi connectivity index (χ1n) is 5.80. The number of piperazine rings is 1. The fourth-order valence-electron chi connectivity index (χ4n) is 2.33. The molecule has 1 aromatic heterocycles. The van der Waals surface area contributed by atoms with Crippen LogP contribution in [0.4, 0.5) is 0 Å². The molecule has 1 aliphatic heterocycles. The van der Waals surface area contributed by atoms with Crippen LogP contribution in [0.15, 0.2) is 24.5 Å². The zero-order valence-electron chi connectivity index (χ0n) is 9.98. The molecule has 0 aliphatic carbocycles. The second-order valence-corrected chi connectivity index (χ2v) is 4.37. The van der Waals surface area contributed by atoms with E-state index in [1.165, 1.54) is 5.56 Å². The summed E-state index contributed by atoms with van der Waals surface area (Å²) in [5, 5.41) is 6.97. The van der Waals surface area contributed by atoms with Crippen LogP contribution >= 0.6 is 0 Å². The molecule has 1 aliphatic rings. The summed E-state index contributed by atoms with van der Waals surface area (Å²) in [4.78, 5) is 6.43. The Hall–Kier alpha value is -0.970. The van der Waals surface area contributed by atoms with Gasteiger partial charge in [-0.05, 0) is 31.8 Å². The minimum absolute atomic E-state index is 0.353. The molecule has 1 saturated heterocycles. The van der Waals surface area contributed by atoms with E-state index >= 15 is 0 Å². The van der Waals surface area contributed by atoms with Gasteiger partial charge >= 0.3 is 0 Å². The Bertz CT molecular complexity index is 314. The van der Waals surface area contributed by atoms with Crippen molar-refractivity contribution >= 4 is 0 Å². The van der Waals surface area contributed by atoms with Crippen molar-refractivity contribution in [2.75, 3.05) is 33.7 Å². The molecule has 1 aromatic rings. The Kier molecular flexibility index (Phi) is 3.88. The van der Waals surface area contributed by atoms with E-state index in [1.54, 1.807) is 0 Å². The fourth-order valence-corrected chi connectivity index (χ4v) is 2.33. The quantitative estimate of drug-likeness (QED) is 0.766. The third-order valence-corrected chi connectivity index (χ3v) is 3.19. The van der Waals surface area contributed by atoms with E-state index in [0.29, 0.717) is 12.1 Å². The molecule has 16 heavy (non-hydrogen) atoms. The molecule has 2 rings (SSSR count). The molecule has 0 radical (unpaired) electrons. The lowest BCUT2D eigenvalue weighted by Gasteiger charge is -2.36. The van der Waals surface area contributed by atoms with E-state index in [-0.39, 0.29) is 0 Å². The Morgan fingerprint density at radius 1 is 1.50 bits per heavy atom. The third-order valence-electron chi connectivity index (χ3n) is 3.19. The molecule has 2 heterocycles. The Labute approximate surface area is 97.1 Å². The van der Waals surface area contributed by atoms with Gasteiger partial charge in [-0.2, -0.15) is 0 Å². The summed E-state index contributed by atoms with van der Waals surface area (Å²) in [6.45, 7) is 3.27. The van der Waals surface area contributed by atoms with Crippen LogP contribution < -0.4 is 10.6 Å². The zero-order valence-corrected chi connectivity index (χ0v) is 9.98. The number of hydrogen-bond donors (Lipinski definition) is 2. The molecular weight excluding hydrogens is 200 g/mol. The van der Waals surface area contributed by atoms with Crippen molar-refractivity contribution in [1.82, 2.24) is 20.5 Å². The van der Waals surface area contributed by atoms with E-state index in [9.17, 15) is 0 Å². The van der Waals surface area contributed by atoms with E-state index in [1.807, 2.05) is 19.4 Å². The van der Waals surface area contributed by atoms with Crippen LogP contribution in [0.2, 0.25) is 0 Å². The summed E-state index contributed by atoms with van der Waals surface area (Å²) in [5.74, 6) is 0. The van der Waals surface area contributed by atoms with Crippen LogP contribution in [0, 0.1) is 0 Å². The first-order chi connectivity index (χ1) is 7.81. The van der Waals surface area contributed by atoms with E-state index in [0.717, 1.165) is 19.6 Å². The molecule has 4 heteroatoms. The van der Waals surface area contributed by atoms with Crippen molar-refractivity contribution in [2.24, 2.45) is 0 Å². The van der Waals surface area contributed by atoms with E-state index < -0.39 is 0 Å². The normalized spacial score (nSPS) is 24.2. The number of aromatic nitrogens is 1. The summed E-state index contributed by atoms with van der Waals surface area (Å²) in [7, 11) is 4.19. The Morgan fingerprint density at radius 2 is 2.25 bits per heavy atom. The highest BCUT2D eigenvalue weighted by molar-refractivity contribution is 5.17. The molecule has 4 nitrogen and oxygen atoms in total. The molecule has 1 fully saturated rings. The molecule has 2 unspecified atom stereocenters. The number of pyridine rings is 1. The first-order valence-corrected chi connectivity index (χ1v) is 5.80. The molecule has 0 saturated carbocycles. The van der Waals surface area contributed by atoms with Gasteiger partial charge < -0.3 is 15.5 Å². The minimum atomic E-state index is 0.353. The van der Waals surface area contributed by atoms with Crippen molar-refractivity contribution < 1.29 is 0 Å². The van der Waals surface area contributed by atoms with Gasteiger partial charge in [-0.3, -0.25) is 4.98 Å². The third kappa shape index (κ3) is 2.58. The SMILES string of the molecule is CNC(c1ccncc1)C1CN(C)CCN1. The summed E-state index contributed by atoms with van der Waals surface area (Å²) in [6.07, 6.45) is 3.71. The predicted octanol–water partition coefficient (Wildman–Crippen LogP) is 0.246. The average Bonchev–Trinajstić information content (AvgIpc) is 2.31. The number of nitrogens with one attached hydrogen (secondary N) is 2. The molecule has 88 valence electrons. The lowest BCUT2D eigenvalue weighted by Crippen LogP contribution is -2.54. The van der Waals surface area contributed by atoms with Gasteiger partial charge in [-0.15, -0.1) is 0 Å². The monoisotopic (exact) mass is 220 g/mol. The van der Waals surface area contributed by atoms with Crippen molar-refractivity contribution in [1.29, 1.82) is 0 Å². The van der Waals surface area contributed by atoms with Gasteiger partial charge in [0.05, 0.1) is 0 Å². The van der Waals surface area contributed by atoms with E-state index in [2.05, 4.69) is 39.7 Å². The van der Waals surface area contributed by atoms with E-state index in [4.69, 9.17) is 0 Å². The molecule has 0 spiro atoms. The van der Waals surface area contributed by atoms with Gasteiger partial charge in [-0.25, -0.2) is 0 Å². The van der Waals surface area contributed by atoms with Crippen LogP contribution in [0.1, 0.15) is 11.6 Å². The number of nitrogens with zero attached hydrogens (tertiary/aromatic N) is 2. The second kappa shape index (κ2) is 5.39. The van der Waals surface area contributed by atoms with Gasteiger partial charge in [0.15, 0.2) is 0 Å². The summed E-state index contributed by atoms with van der Waals surface area (Å²) >= 11 is 0. The summed E-state index contributed by atoms with van der Waals surface area (Å²) < 4.78 is 0. The number of rotatable bonds is 3. The fraction of sp³-hybridized carbons (Fsp3) is 0.583. The topological polar surface area (TPSA) is 40.2 Å².